The number of hydrogen-bond acceptors (Lipinski definition) is 16. The molecular weight excluding hydrogens is 1280 g/mol. The molecule has 4 fully saturated rings. The Balaban J connectivity index is 1.06. The van der Waals surface area contributed by atoms with E-state index in [1.54, 1.807) is 21.3 Å². The molecule has 0 aliphatic carbocycles. The van der Waals surface area contributed by atoms with Gasteiger partial charge in [-0.05, 0) is 100 Å². The van der Waals surface area contributed by atoms with Crippen LogP contribution in [-0.2, 0) is 74.0 Å². The molecule has 540 valence electrons. The van der Waals surface area contributed by atoms with Crippen molar-refractivity contribution in [2.75, 3.05) is 34.5 Å². The number of methoxy groups -OCH3 is 3. The van der Waals surface area contributed by atoms with E-state index in [4.69, 9.17) is 60.6 Å². The highest BCUT2D eigenvalue weighted by molar-refractivity contribution is 6.99. The molecule has 19 heteroatoms. The Hall–Kier alpha value is -4.17. The number of aliphatic hydroxyl groups excluding tert-OH is 1. The number of carbonyl (C=O) groups is 2. The zero-order valence-electron chi connectivity index (χ0n) is 62.0. The average Bonchev–Trinajstić information content (AvgIpc) is 0.751. The van der Waals surface area contributed by atoms with Gasteiger partial charge in [-0.15, -0.1) is 0 Å². The summed E-state index contributed by atoms with van der Waals surface area (Å²) in [7, 11) is -2.54. The summed E-state index contributed by atoms with van der Waals surface area (Å²) in [4.78, 5) is 28.0. The van der Waals surface area contributed by atoms with Gasteiger partial charge in [0.05, 0.1) is 88.5 Å². The quantitative estimate of drug-likeness (QED) is 0.0277. The second-order valence-corrected chi connectivity index (χ2v) is 45.0. The van der Waals surface area contributed by atoms with Crippen LogP contribution in [0.25, 0.3) is 0 Å². The first-order chi connectivity index (χ1) is 45.9. The molecule has 4 aromatic rings. The normalized spacial score (nSPS) is 27.2. The maximum atomic E-state index is 15.3. The monoisotopic (exact) mass is 1400 g/mol. The number of Topliss-reactive ketones (excluding diaryl/α,β-unsaturated/α-hetero) is 1. The van der Waals surface area contributed by atoms with E-state index in [9.17, 15) is 9.90 Å². The van der Waals surface area contributed by atoms with Gasteiger partial charge in [0.2, 0.25) is 0 Å². The van der Waals surface area contributed by atoms with Crippen molar-refractivity contribution < 1.29 is 75.3 Å². The summed E-state index contributed by atoms with van der Waals surface area (Å²) in [6, 6.07) is 39.8. The third-order valence-corrected chi connectivity index (χ3v) is 36.3. The molecule has 0 radical (unpaired) electrons. The SMILES string of the molecule is CC[Si](CC)(CC)O[C@@]1(C)C[C@H](CC(=O)[C@@H](C)[C@H](O)[C@H](C)[C@H](C[C@@H]2C[C@H](OC)C[C@]3(C[C@@H](O[Si](C)(C)C(C)(C)C)C[C@H](CO[Si](c4ccccc4)(c4ccccc4)C(C)(C)C)O3)O2)OCc2ccc(OC)cc2)O[C@]2(C[C@@H](OC(C)=O)C[C@H](CCOCc3ccc(OC)cc3)O2)C1. The van der Waals surface area contributed by atoms with E-state index in [1.807, 2.05) is 62.4 Å². The average molecular weight is 1400 g/mol. The van der Waals surface area contributed by atoms with Gasteiger partial charge in [0.25, 0.3) is 8.32 Å². The summed E-state index contributed by atoms with van der Waals surface area (Å²) in [5, 5.41) is 14.9. The van der Waals surface area contributed by atoms with Crippen molar-refractivity contribution in [3.8, 4) is 11.5 Å². The van der Waals surface area contributed by atoms with Gasteiger partial charge in [-0.2, -0.15) is 0 Å². The van der Waals surface area contributed by atoms with E-state index in [2.05, 4.69) is 143 Å². The number of benzene rings is 4. The maximum Gasteiger partial charge on any atom is 0.302 e. The zero-order valence-corrected chi connectivity index (χ0v) is 65.0. The predicted octanol–water partition coefficient (Wildman–Crippen LogP) is 15.0. The Labute approximate surface area is 584 Å². The van der Waals surface area contributed by atoms with E-state index in [1.165, 1.54) is 17.3 Å². The molecule has 1 N–H and O–H groups in total. The van der Waals surface area contributed by atoms with Crippen molar-refractivity contribution in [2.45, 2.75) is 287 Å². The fourth-order valence-electron chi connectivity index (χ4n) is 15.6. The molecule has 8 rings (SSSR count). The number of carbonyl (C=O) groups excluding carboxylic acids is 2. The Kier molecular flexibility index (Phi) is 27.3. The van der Waals surface area contributed by atoms with E-state index in [0.717, 1.165) is 40.8 Å². The number of esters is 1. The number of aliphatic hydroxyl groups is 1. The van der Waals surface area contributed by atoms with Crippen molar-refractivity contribution in [2.24, 2.45) is 11.8 Å². The smallest absolute Gasteiger partial charge is 0.302 e. The van der Waals surface area contributed by atoms with Crippen LogP contribution in [0.2, 0.25) is 41.3 Å². The first-order valence-electron chi connectivity index (χ1n) is 36.1. The van der Waals surface area contributed by atoms with E-state index < -0.39 is 90.6 Å². The third-order valence-electron chi connectivity index (χ3n) is 22.0. The van der Waals surface area contributed by atoms with Crippen LogP contribution in [0.15, 0.2) is 109 Å². The Morgan fingerprint density at radius 1 is 0.639 bits per heavy atom. The number of ether oxygens (including phenoxy) is 10. The van der Waals surface area contributed by atoms with Gasteiger partial charge < -0.3 is 65.8 Å². The van der Waals surface area contributed by atoms with Gasteiger partial charge in [-0.3, -0.25) is 9.59 Å². The first-order valence-corrected chi connectivity index (χ1v) is 43.4. The van der Waals surface area contributed by atoms with Gasteiger partial charge in [0.15, 0.2) is 28.2 Å². The van der Waals surface area contributed by atoms with Crippen molar-refractivity contribution in [1.82, 2.24) is 0 Å². The summed E-state index contributed by atoms with van der Waals surface area (Å²) >= 11 is 0. The van der Waals surface area contributed by atoms with Crippen molar-refractivity contribution in [1.29, 1.82) is 0 Å². The van der Waals surface area contributed by atoms with E-state index in [-0.39, 0.29) is 59.6 Å². The van der Waals surface area contributed by atoms with Crippen molar-refractivity contribution in [3.63, 3.8) is 0 Å². The summed E-state index contributed by atoms with van der Waals surface area (Å²) in [5.41, 5.74) is 1.20. The highest BCUT2D eigenvalue weighted by Gasteiger charge is 2.58. The van der Waals surface area contributed by atoms with Crippen LogP contribution < -0.4 is 19.8 Å². The lowest BCUT2D eigenvalue weighted by molar-refractivity contribution is -0.348. The summed E-state index contributed by atoms with van der Waals surface area (Å²) in [5.74, 6) is -2.78. The van der Waals surface area contributed by atoms with E-state index in [0.29, 0.717) is 77.6 Å². The lowest BCUT2D eigenvalue weighted by atomic mass is 9.79. The van der Waals surface area contributed by atoms with Gasteiger partial charge in [0.1, 0.15) is 23.4 Å². The molecule has 0 saturated carbocycles. The van der Waals surface area contributed by atoms with Crippen molar-refractivity contribution >= 4 is 47.1 Å². The molecule has 0 amide bonds. The van der Waals surface area contributed by atoms with Gasteiger partial charge in [-0.25, -0.2) is 0 Å². The molecule has 14 atom stereocenters. The third kappa shape index (κ3) is 20.1. The minimum Gasteiger partial charge on any atom is -0.497 e. The molecule has 4 aliphatic rings. The van der Waals surface area contributed by atoms with Crippen molar-refractivity contribution in [3.05, 3.63) is 120 Å². The van der Waals surface area contributed by atoms with Gasteiger partial charge in [-0.1, -0.05) is 161 Å². The molecule has 0 bridgehead atoms. The lowest BCUT2D eigenvalue weighted by Gasteiger charge is -2.55. The van der Waals surface area contributed by atoms with Crippen LogP contribution in [0.1, 0.15) is 172 Å². The standard InChI is InChI=1S/C78H120O16Si3/c1-19-96(20-2,21-3)94-76(13)47-66(91-78(54-76)49-65(88-57(6)79)42-62(89-78)40-41-85-51-58-32-36-60(82-14)37-33-58)45-71(80)55(4)73(81)56(5)72(86-52-59-34-38-61(83-15)39-35-59)46-63-43-64(84-16)48-77(90-63)50-67(93-95(17,18)74(7,8)9)44-68(92-77)53-87-97(75(10,11)12,69-28-24-22-25-29-69)70-30-26-23-27-31-70/h22-39,55-56,62-68,72-73,81H,19-21,40-54H2,1-18H3/t55-,56-,62+,63+,64+,65+,66+,67+,68-,72+,73+,76+,77+,78-/m1/s1. The van der Waals surface area contributed by atoms with Crippen LogP contribution in [0.3, 0.4) is 0 Å². The fraction of sp³-hybridized carbons (Fsp3) is 0.667. The molecule has 97 heavy (non-hydrogen) atoms. The Morgan fingerprint density at radius 3 is 1.69 bits per heavy atom. The highest BCUT2D eigenvalue weighted by atomic mass is 28.4. The summed E-state index contributed by atoms with van der Waals surface area (Å²) in [6.07, 6.45) is 0.0785. The molecule has 16 nitrogen and oxygen atoms in total. The molecular formula is C78H120O16Si3. The van der Waals surface area contributed by atoms with Crippen LogP contribution in [0.4, 0.5) is 0 Å². The lowest BCUT2D eigenvalue weighted by Crippen LogP contribution is -2.67. The highest BCUT2D eigenvalue weighted by Crippen LogP contribution is 2.50. The molecule has 4 aliphatic heterocycles. The predicted molar refractivity (Wildman–Crippen MR) is 388 cm³/mol. The molecule has 2 spiro atoms. The van der Waals surface area contributed by atoms with Gasteiger partial charge in [0, 0.05) is 96.7 Å². The minimum absolute atomic E-state index is 0.000647. The van der Waals surface area contributed by atoms with Crippen LogP contribution in [0, 0.1) is 11.8 Å². The molecule has 4 aromatic carbocycles. The topological polar surface area (TPSA) is 174 Å². The summed E-state index contributed by atoms with van der Waals surface area (Å²) < 4.78 is 88.4. The molecule has 0 unspecified atom stereocenters. The number of hydrogen-bond donors (Lipinski definition) is 1. The maximum absolute atomic E-state index is 15.3. The largest absolute Gasteiger partial charge is 0.497 e. The Bertz CT molecular complexity index is 3020. The molecule has 4 heterocycles. The molecule has 0 aromatic heterocycles. The Morgan fingerprint density at radius 2 is 1.15 bits per heavy atom. The number of ketones is 1. The van der Waals surface area contributed by atoms with E-state index >= 15 is 4.79 Å². The minimum atomic E-state index is -2.99. The van der Waals surface area contributed by atoms with Crippen LogP contribution in [0.5, 0.6) is 11.5 Å². The summed E-state index contributed by atoms with van der Waals surface area (Å²) in [6.45, 7) is 33.7. The van der Waals surface area contributed by atoms with Crippen LogP contribution >= 0.6 is 0 Å². The first kappa shape index (κ1) is 78.5. The number of rotatable bonds is 32. The van der Waals surface area contributed by atoms with Gasteiger partial charge >= 0.3 is 5.97 Å². The van der Waals surface area contributed by atoms with Crippen LogP contribution in [-0.4, -0.2) is 148 Å². The molecule has 4 saturated heterocycles. The second-order valence-electron chi connectivity index (χ2n) is 31.3. The second kappa shape index (κ2) is 33.7. The zero-order chi connectivity index (χ0) is 70.6. The fourth-order valence-corrected chi connectivity index (χ4v) is 24.7.